The topological polar surface area (TPSA) is 44.2 Å². The molecule has 5 heteroatoms. The molecule has 0 aromatic carbocycles. The largest absolute Gasteiger partial charge is 0.350 e. The normalized spacial score (nSPS) is 17.4. The Morgan fingerprint density at radius 3 is 2.71 bits per heavy atom. The molecule has 0 radical (unpaired) electrons. The molecule has 1 aromatic rings. The van der Waals surface area contributed by atoms with E-state index in [2.05, 4.69) is 9.97 Å². The van der Waals surface area contributed by atoms with E-state index < -0.39 is 0 Å². The average Bonchev–Trinajstić information content (AvgIpc) is 2.72. The van der Waals surface area contributed by atoms with E-state index in [-0.39, 0.29) is 6.29 Å². The summed E-state index contributed by atoms with van der Waals surface area (Å²) in [5.41, 5.74) is 0. The second kappa shape index (κ2) is 5.29. The standard InChI is InChI=1S/C9H12N2O2S/c1-3-10-9(11-4-1)14-7-2-8-12-5-6-13-8/h1,3-4,8H,2,5-7H2. The van der Waals surface area contributed by atoms with Crippen molar-refractivity contribution in [3.63, 3.8) is 0 Å². The van der Waals surface area contributed by atoms with E-state index in [9.17, 15) is 0 Å². The molecule has 1 aliphatic rings. The summed E-state index contributed by atoms with van der Waals surface area (Å²) in [6.45, 7) is 1.44. The second-order valence-electron chi connectivity index (χ2n) is 2.84. The SMILES string of the molecule is c1cnc(SCCC2OCCO2)nc1. The molecule has 0 aliphatic carbocycles. The van der Waals surface area contributed by atoms with E-state index in [0.717, 1.165) is 30.5 Å². The maximum absolute atomic E-state index is 5.31. The molecule has 0 amide bonds. The van der Waals surface area contributed by atoms with E-state index in [1.807, 2.05) is 6.07 Å². The molecule has 1 saturated heterocycles. The van der Waals surface area contributed by atoms with Crippen molar-refractivity contribution < 1.29 is 9.47 Å². The Morgan fingerprint density at radius 1 is 1.29 bits per heavy atom. The molecule has 1 aliphatic heterocycles. The summed E-state index contributed by atoms with van der Waals surface area (Å²) >= 11 is 1.63. The smallest absolute Gasteiger partial charge is 0.187 e. The molecular weight excluding hydrogens is 200 g/mol. The summed E-state index contributed by atoms with van der Waals surface area (Å²) in [6.07, 6.45) is 4.37. The zero-order valence-electron chi connectivity index (χ0n) is 7.76. The zero-order valence-corrected chi connectivity index (χ0v) is 8.57. The van der Waals surface area contributed by atoms with Crippen LogP contribution < -0.4 is 0 Å². The van der Waals surface area contributed by atoms with Crippen LogP contribution in [0.2, 0.25) is 0 Å². The first kappa shape index (κ1) is 9.89. The van der Waals surface area contributed by atoms with Gasteiger partial charge in [0.25, 0.3) is 0 Å². The first-order valence-corrected chi connectivity index (χ1v) is 5.57. The maximum atomic E-state index is 5.31. The number of hydrogen-bond acceptors (Lipinski definition) is 5. The van der Waals surface area contributed by atoms with Crippen LogP contribution in [0, 0.1) is 0 Å². The van der Waals surface area contributed by atoms with Crippen LogP contribution in [0.15, 0.2) is 23.6 Å². The number of thioether (sulfide) groups is 1. The minimum absolute atomic E-state index is 0.0220. The van der Waals surface area contributed by atoms with Gasteiger partial charge in [-0.15, -0.1) is 0 Å². The summed E-state index contributed by atoms with van der Waals surface area (Å²) in [7, 11) is 0. The average molecular weight is 212 g/mol. The Balaban J connectivity index is 1.67. The van der Waals surface area contributed by atoms with Crippen LogP contribution in [0.4, 0.5) is 0 Å². The highest BCUT2D eigenvalue weighted by Gasteiger charge is 2.15. The lowest BCUT2D eigenvalue weighted by molar-refractivity contribution is -0.0421. The minimum Gasteiger partial charge on any atom is -0.350 e. The van der Waals surface area contributed by atoms with Crippen molar-refractivity contribution in [2.75, 3.05) is 19.0 Å². The Hall–Kier alpha value is -0.650. The number of ether oxygens (including phenoxy) is 2. The summed E-state index contributed by atoms with van der Waals surface area (Å²) in [5, 5.41) is 0.811. The number of rotatable bonds is 4. The fourth-order valence-corrected chi connectivity index (χ4v) is 1.94. The molecule has 1 fully saturated rings. The third-order valence-electron chi connectivity index (χ3n) is 1.82. The Kier molecular flexibility index (Phi) is 3.73. The molecule has 2 heterocycles. The third-order valence-corrected chi connectivity index (χ3v) is 2.73. The molecule has 0 saturated carbocycles. The van der Waals surface area contributed by atoms with Crippen molar-refractivity contribution in [1.29, 1.82) is 0 Å². The molecule has 0 N–H and O–H groups in total. The number of aromatic nitrogens is 2. The van der Waals surface area contributed by atoms with Crippen LogP contribution in [0.1, 0.15) is 6.42 Å². The number of hydrogen-bond donors (Lipinski definition) is 0. The first-order chi connectivity index (χ1) is 6.95. The lowest BCUT2D eigenvalue weighted by atomic mass is 10.5. The Morgan fingerprint density at radius 2 is 2.00 bits per heavy atom. The molecular formula is C9H12N2O2S. The summed E-state index contributed by atoms with van der Waals surface area (Å²) in [6, 6.07) is 1.81. The molecule has 14 heavy (non-hydrogen) atoms. The van der Waals surface area contributed by atoms with Gasteiger partial charge < -0.3 is 9.47 Å². The van der Waals surface area contributed by atoms with Gasteiger partial charge in [0.15, 0.2) is 11.4 Å². The van der Waals surface area contributed by atoms with E-state index in [1.165, 1.54) is 0 Å². The summed E-state index contributed by atoms with van der Waals surface area (Å²) in [5.74, 6) is 0.925. The van der Waals surface area contributed by atoms with Crippen LogP contribution in [-0.4, -0.2) is 35.2 Å². The lowest BCUT2D eigenvalue weighted by Crippen LogP contribution is -2.08. The van der Waals surface area contributed by atoms with Gasteiger partial charge in [-0.2, -0.15) is 0 Å². The van der Waals surface area contributed by atoms with Crippen molar-refractivity contribution in [3.05, 3.63) is 18.5 Å². The fourth-order valence-electron chi connectivity index (χ4n) is 1.18. The monoisotopic (exact) mass is 212 g/mol. The van der Waals surface area contributed by atoms with Gasteiger partial charge in [0.2, 0.25) is 0 Å². The third kappa shape index (κ3) is 2.94. The first-order valence-electron chi connectivity index (χ1n) is 4.58. The maximum Gasteiger partial charge on any atom is 0.187 e. The van der Waals surface area contributed by atoms with Gasteiger partial charge in [0, 0.05) is 24.6 Å². The van der Waals surface area contributed by atoms with Crippen LogP contribution in [0.5, 0.6) is 0 Å². The van der Waals surface area contributed by atoms with Crippen LogP contribution in [-0.2, 0) is 9.47 Å². The van der Waals surface area contributed by atoms with Gasteiger partial charge in [-0.05, 0) is 6.07 Å². The quantitative estimate of drug-likeness (QED) is 0.556. The van der Waals surface area contributed by atoms with Gasteiger partial charge in [0.05, 0.1) is 13.2 Å². The predicted molar refractivity (Wildman–Crippen MR) is 53.1 cm³/mol. The van der Waals surface area contributed by atoms with Crippen molar-refractivity contribution in [2.24, 2.45) is 0 Å². The van der Waals surface area contributed by atoms with Crippen molar-refractivity contribution in [3.8, 4) is 0 Å². The van der Waals surface area contributed by atoms with Gasteiger partial charge in [0.1, 0.15) is 0 Å². The number of nitrogens with zero attached hydrogens (tertiary/aromatic N) is 2. The molecule has 4 nitrogen and oxygen atoms in total. The van der Waals surface area contributed by atoms with Gasteiger partial charge in [-0.3, -0.25) is 0 Å². The lowest BCUT2D eigenvalue weighted by Gasteiger charge is -2.06. The van der Waals surface area contributed by atoms with E-state index in [4.69, 9.17) is 9.47 Å². The zero-order chi connectivity index (χ0) is 9.64. The molecule has 0 unspecified atom stereocenters. The van der Waals surface area contributed by atoms with E-state index >= 15 is 0 Å². The molecule has 0 spiro atoms. The summed E-state index contributed by atoms with van der Waals surface area (Å²) in [4.78, 5) is 8.23. The van der Waals surface area contributed by atoms with E-state index in [0.29, 0.717) is 0 Å². The highest BCUT2D eigenvalue weighted by Crippen LogP contribution is 2.16. The van der Waals surface area contributed by atoms with E-state index in [1.54, 1.807) is 24.2 Å². The summed E-state index contributed by atoms with van der Waals surface area (Å²) < 4.78 is 10.6. The fraction of sp³-hybridized carbons (Fsp3) is 0.556. The molecule has 0 bridgehead atoms. The van der Waals surface area contributed by atoms with Crippen molar-refractivity contribution in [1.82, 2.24) is 9.97 Å². The highest BCUT2D eigenvalue weighted by atomic mass is 32.2. The van der Waals surface area contributed by atoms with Crippen LogP contribution in [0.3, 0.4) is 0 Å². The molecule has 1 aromatic heterocycles. The van der Waals surface area contributed by atoms with Crippen LogP contribution in [0.25, 0.3) is 0 Å². The predicted octanol–water partition coefficient (Wildman–Crippen LogP) is 1.33. The van der Waals surface area contributed by atoms with Crippen molar-refractivity contribution >= 4 is 11.8 Å². The van der Waals surface area contributed by atoms with Gasteiger partial charge >= 0.3 is 0 Å². The van der Waals surface area contributed by atoms with Gasteiger partial charge in [-0.25, -0.2) is 9.97 Å². The Labute approximate surface area is 87.0 Å². The highest BCUT2D eigenvalue weighted by molar-refractivity contribution is 7.99. The minimum atomic E-state index is -0.0220. The van der Waals surface area contributed by atoms with Gasteiger partial charge in [-0.1, -0.05) is 11.8 Å². The Bertz CT molecular complexity index is 265. The van der Waals surface area contributed by atoms with Crippen LogP contribution >= 0.6 is 11.8 Å². The molecule has 0 atom stereocenters. The second-order valence-corrected chi connectivity index (χ2v) is 3.90. The molecule has 2 rings (SSSR count). The molecule has 76 valence electrons. The van der Waals surface area contributed by atoms with Crippen molar-refractivity contribution in [2.45, 2.75) is 17.9 Å².